The molecule has 0 saturated heterocycles. The van der Waals surface area contributed by atoms with Crippen LogP contribution in [0.4, 0.5) is 10.8 Å². The summed E-state index contributed by atoms with van der Waals surface area (Å²) in [6.07, 6.45) is 2.21. The number of sulfonamides is 1. The first-order chi connectivity index (χ1) is 42.9. The molecule has 36 heteroatoms. The number of aromatic carboxylic acids is 4. The van der Waals surface area contributed by atoms with Gasteiger partial charge in [-0.25, -0.2) is 27.6 Å². The van der Waals surface area contributed by atoms with Gasteiger partial charge in [-0.1, -0.05) is 90.2 Å². The molecule has 5 aromatic carbocycles. The number of anilines is 2. The molecule has 466 valence electrons. The molecule has 11 rings (SSSR count). The summed E-state index contributed by atoms with van der Waals surface area (Å²) in [6.45, 7) is 0. The molecular weight excluding hydrogens is 1250 g/mol. The summed E-state index contributed by atoms with van der Waals surface area (Å²) in [6, 6.07) is 28.9. The molecule has 0 saturated carbocycles. The van der Waals surface area contributed by atoms with Gasteiger partial charge in [0.15, 0.2) is 0 Å². The van der Waals surface area contributed by atoms with E-state index in [1.807, 2.05) is 23.8 Å². The lowest BCUT2D eigenvalue weighted by atomic mass is 9.75. The van der Waals surface area contributed by atoms with Crippen LogP contribution in [0.15, 0.2) is 121 Å². The van der Waals surface area contributed by atoms with E-state index in [4.69, 9.17) is 29.5 Å². The number of nitrogens with two attached hydrogens (primary N) is 1. The van der Waals surface area contributed by atoms with Crippen LogP contribution in [-0.2, 0) is 31.8 Å². The number of carbonyl (C=O) groups is 7. The molecule has 90 heavy (non-hydrogen) atoms. The normalized spacial score (nSPS) is 15.9. The molecule has 13 N–H and O–H groups in total. The number of nitrogen functional groups attached to an aromatic ring is 1. The van der Waals surface area contributed by atoms with Crippen molar-refractivity contribution in [1.82, 2.24) is 26.1 Å². The maximum atomic E-state index is 12.8. The molecule has 28 nitrogen and oxygen atoms in total. The van der Waals surface area contributed by atoms with Crippen molar-refractivity contribution in [2.45, 2.75) is 49.3 Å². The molecule has 0 bridgehead atoms. The van der Waals surface area contributed by atoms with Crippen LogP contribution in [0.25, 0.3) is 0 Å². The Morgan fingerprint density at radius 3 is 1.49 bits per heavy atom. The number of thioether (sulfide) groups is 1. The van der Waals surface area contributed by atoms with Crippen molar-refractivity contribution in [1.29, 1.82) is 0 Å². The molecule has 0 fully saturated rings. The van der Waals surface area contributed by atoms with E-state index in [0.29, 0.717) is 28.0 Å². The molecule has 4 aliphatic rings. The topological polar surface area (TPSA) is 444 Å². The lowest BCUT2D eigenvalue weighted by Gasteiger charge is -2.32. The van der Waals surface area contributed by atoms with Crippen molar-refractivity contribution in [2.24, 2.45) is 0 Å². The van der Waals surface area contributed by atoms with Gasteiger partial charge in [-0.05, 0) is 53.6 Å². The van der Waals surface area contributed by atoms with E-state index < -0.39 is 86.4 Å². The average Bonchev–Trinajstić information content (AvgIpc) is 1.06. The van der Waals surface area contributed by atoms with E-state index in [0.717, 1.165) is 20.5 Å². The van der Waals surface area contributed by atoms with E-state index in [2.05, 4.69) is 26.1 Å². The van der Waals surface area contributed by atoms with Crippen LogP contribution in [0.1, 0.15) is 96.5 Å². The fourth-order valence-electron chi connectivity index (χ4n) is 9.62. The molecule has 3 atom stereocenters. The van der Waals surface area contributed by atoms with E-state index in [1.54, 1.807) is 66.7 Å². The lowest BCUT2D eigenvalue weighted by molar-refractivity contribution is -0.121. The maximum absolute atomic E-state index is 12.8. The van der Waals surface area contributed by atoms with Gasteiger partial charge in [0, 0.05) is 40.5 Å². The van der Waals surface area contributed by atoms with Gasteiger partial charge in [0.2, 0.25) is 32.0 Å². The highest BCUT2D eigenvalue weighted by atomic mass is 32.2. The summed E-state index contributed by atoms with van der Waals surface area (Å²) < 4.78 is 47.4. The van der Waals surface area contributed by atoms with Crippen LogP contribution in [-0.4, -0.2) is 148 Å². The number of carbonyl (C=O) groups excluding carboxylic acids is 3. The molecule has 4 aliphatic heterocycles. The highest BCUT2D eigenvalue weighted by Crippen LogP contribution is 2.41. The number of amides is 3. The number of carboxylic acids is 4. The Hall–Kier alpha value is -9.15. The molecule has 2 aromatic heterocycles. The number of carboxylic acid groups (broad SMARTS) is 4. The predicted molar refractivity (Wildman–Crippen MR) is 332 cm³/mol. The number of para-hydroxylation sites is 4. The zero-order valence-corrected chi connectivity index (χ0v) is 50.2. The SMILES string of the molecule is CSCC(=O)NC1CB(O)Oc2c(C(=O)O)cccc21.Nc1nnc(C(=O)NC2CB(O)Oc3c(C(=O)O)cccc32)s1.O=C(Cc1cccs1)NC1CB(O)Oc2c(C(=O)O)cccc21.O=C(O)c1cccc2c1OB(O)CN2S(=O)(=O)Cc1ccccc1. The minimum absolute atomic E-state index is 0.0228. The fourth-order valence-corrected chi connectivity index (χ4v) is 12.7. The third kappa shape index (κ3) is 16.8. The van der Waals surface area contributed by atoms with Gasteiger partial charge in [0.25, 0.3) is 5.91 Å². The van der Waals surface area contributed by atoms with Gasteiger partial charge in [-0.15, -0.1) is 21.5 Å². The largest absolute Gasteiger partial charge is 0.544 e. The number of benzene rings is 5. The second-order valence-electron chi connectivity index (χ2n) is 19.7. The zero-order chi connectivity index (χ0) is 65.0. The van der Waals surface area contributed by atoms with E-state index in [9.17, 15) is 77.4 Å². The molecule has 6 heterocycles. The summed E-state index contributed by atoms with van der Waals surface area (Å²) in [5.41, 5.74) is 7.41. The van der Waals surface area contributed by atoms with E-state index >= 15 is 0 Å². The zero-order valence-electron chi connectivity index (χ0n) is 47.0. The number of nitrogens with zero attached hydrogens (tertiary/aromatic N) is 3. The van der Waals surface area contributed by atoms with Crippen LogP contribution in [0.3, 0.4) is 0 Å². The van der Waals surface area contributed by atoms with Crippen molar-refractivity contribution in [3.8, 4) is 23.0 Å². The molecule has 0 aliphatic carbocycles. The van der Waals surface area contributed by atoms with Crippen LogP contribution in [0, 0.1) is 0 Å². The Kier molecular flexibility index (Phi) is 22.2. The lowest BCUT2D eigenvalue weighted by Crippen LogP contribution is -2.47. The second-order valence-corrected chi connectivity index (χ2v) is 24.5. The summed E-state index contributed by atoms with van der Waals surface area (Å²) in [7, 11) is -8.79. The number of hydrogen-bond acceptors (Lipinski definition) is 23. The average molecular weight is 1310 g/mol. The standard InChI is InChI=1S/C15H14BNO6S.C15H14BNO5S.C12H11BN4O5S.C12H14BNO5S/c18-15(19)12-7-4-8-13-14(12)23-16(20)10-17(13)24(21,22)9-11-5-2-1-3-6-11;18-13(7-9-3-2-6-23-9)17-12-8-16(21)22-14-10(12)4-1-5-11(14)15(19)20;14-12-17-16-10(23-12)9(18)15-7-4-13(21)22-8-5(7)2-1-3-6(8)11(19)20;1-20-6-10(15)14-9-5-13(18)19-11-7(9)3-2-4-8(11)12(16)17/h1-8,20H,9-10H2,(H,18,19);1-6,12,21H,7-8H2,(H,17,18)(H,19,20);1-3,7,21H,4H2,(H2,14,17)(H,15,18)(H,19,20);2-4,9,18H,5-6H2,1H3,(H,14,15)(H,16,17). The molecule has 0 spiro atoms. The summed E-state index contributed by atoms with van der Waals surface area (Å²) in [5.74, 6) is -5.41. The molecular formula is C54H53B4N7O21S4. The predicted octanol–water partition coefficient (Wildman–Crippen LogP) is 3.79. The van der Waals surface area contributed by atoms with Crippen molar-refractivity contribution in [3.05, 3.63) is 175 Å². The van der Waals surface area contributed by atoms with Crippen LogP contribution in [0.2, 0.25) is 19.0 Å². The van der Waals surface area contributed by atoms with Crippen molar-refractivity contribution in [3.63, 3.8) is 0 Å². The van der Waals surface area contributed by atoms with Crippen LogP contribution in [0.5, 0.6) is 23.0 Å². The molecule has 0 radical (unpaired) electrons. The number of rotatable bonds is 15. The Bertz CT molecular complexity index is 3920. The minimum Gasteiger partial charge on any atom is -0.535 e. The fraction of sp³-hybridized carbons (Fsp3) is 0.204. The quantitative estimate of drug-likeness (QED) is 0.0650. The summed E-state index contributed by atoms with van der Waals surface area (Å²) in [4.78, 5) is 81.9. The third-order valence-electron chi connectivity index (χ3n) is 13.4. The van der Waals surface area contributed by atoms with Gasteiger partial charge in [-0.3, -0.25) is 18.7 Å². The smallest absolute Gasteiger partial charge is 0.535 e. The van der Waals surface area contributed by atoms with Gasteiger partial charge >= 0.3 is 52.4 Å². The van der Waals surface area contributed by atoms with Crippen molar-refractivity contribution >= 4 is 125 Å². The van der Waals surface area contributed by atoms with Gasteiger partial charge < -0.3 is 80.8 Å². The first kappa shape index (κ1) is 66.8. The number of nitrogens with one attached hydrogen (secondary N) is 3. The summed E-state index contributed by atoms with van der Waals surface area (Å²) in [5, 5.41) is 93.6. The van der Waals surface area contributed by atoms with Gasteiger partial charge in [-0.2, -0.15) is 11.8 Å². The molecule has 7 aromatic rings. The summed E-state index contributed by atoms with van der Waals surface area (Å²) >= 11 is 3.81. The number of fused-ring (bicyclic) bond motifs is 4. The number of aromatic nitrogens is 2. The van der Waals surface area contributed by atoms with Crippen molar-refractivity contribution < 1.29 is 101 Å². The minimum atomic E-state index is -3.82. The van der Waals surface area contributed by atoms with Crippen LogP contribution < -0.4 is 44.6 Å². The maximum Gasteiger partial charge on any atom is 0.544 e. The van der Waals surface area contributed by atoms with Gasteiger partial charge in [0.1, 0.15) is 45.3 Å². The molecule has 3 unspecified atom stereocenters. The Balaban J connectivity index is 0.000000155. The Morgan fingerprint density at radius 1 is 0.589 bits per heavy atom. The van der Waals surface area contributed by atoms with E-state index in [-0.39, 0.29) is 110 Å². The number of hydrogen-bond donors (Lipinski definition) is 12. The highest BCUT2D eigenvalue weighted by Gasteiger charge is 2.40. The highest BCUT2D eigenvalue weighted by molar-refractivity contribution is 7.99. The molecule has 3 amide bonds. The number of thiophene rings is 1. The third-order valence-corrected chi connectivity index (χ3v) is 17.3. The second kappa shape index (κ2) is 29.9. The first-order valence-corrected chi connectivity index (χ1v) is 31.5. The monoisotopic (exact) mass is 1310 g/mol. The first-order valence-electron chi connectivity index (χ1n) is 26.8. The Labute approximate surface area is 525 Å². The van der Waals surface area contributed by atoms with Crippen molar-refractivity contribution in [2.75, 3.05) is 28.5 Å². The Morgan fingerprint density at radius 2 is 1.04 bits per heavy atom. The van der Waals surface area contributed by atoms with E-state index in [1.165, 1.54) is 59.5 Å². The van der Waals surface area contributed by atoms with Gasteiger partial charge in [0.05, 0.1) is 48.2 Å². The van der Waals surface area contributed by atoms with Crippen LogP contribution >= 0.6 is 34.4 Å².